The van der Waals surface area contributed by atoms with Gasteiger partial charge >= 0.3 is 0 Å². The normalized spacial score (nSPS) is 12.4. The van der Waals surface area contributed by atoms with E-state index in [2.05, 4.69) is 31.4 Å². The molecule has 0 saturated heterocycles. The van der Waals surface area contributed by atoms with Crippen LogP contribution >= 0.6 is 23.1 Å². The lowest BCUT2D eigenvalue weighted by molar-refractivity contribution is 0.411. The van der Waals surface area contributed by atoms with E-state index in [1.807, 2.05) is 35.2 Å². The zero-order valence-corrected chi connectivity index (χ0v) is 14.2. The van der Waals surface area contributed by atoms with Gasteiger partial charge in [0.15, 0.2) is 16.8 Å². The van der Waals surface area contributed by atoms with E-state index in [4.69, 9.17) is 4.52 Å². The predicted molar refractivity (Wildman–Crippen MR) is 90.6 cm³/mol. The first-order valence-corrected chi connectivity index (χ1v) is 8.85. The molecule has 4 aromatic rings. The summed E-state index contributed by atoms with van der Waals surface area (Å²) in [5, 5.41) is 15.4. The lowest BCUT2D eigenvalue weighted by Gasteiger charge is -2.10. The molecule has 9 heteroatoms. The molecule has 0 bridgehead atoms. The van der Waals surface area contributed by atoms with Crippen LogP contribution in [0, 0.1) is 0 Å². The van der Waals surface area contributed by atoms with E-state index in [1.165, 1.54) is 6.39 Å². The van der Waals surface area contributed by atoms with Crippen LogP contribution in [-0.4, -0.2) is 29.9 Å². The maximum atomic E-state index is 4.92. The zero-order valence-electron chi connectivity index (χ0n) is 12.6. The first kappa shape index (κ1) is 15.0. The molecule has 0 fully saturated rings. The predicted octanol–water partition coefficient (Wildman–Crippen LogP) is 3.20. The summed E-state index contributed by atoms with van der Waals surface area (Å²) in [4.78, 5) is 9.37. The van der Waals surface area contributed by atoms with Gasteiger partial charge in [-0.15, -0.1) is 21.5 Å². The Kier molecular flexibility index (Phi) is 4.09. The third kappa shape index (κ3) is 2.83. The molecule has 120 valence electrons. The molecule has 0 spiro atoms. The number of rotatable bonds is 5. The lowest BCUT2D eigenvalue weighted by atomic mass is 10.2. The van der Waals surface area contributed by atoms with Crippen molar-refractivity contribution in [2.45, 2.75) is 10.4 Å². The average Bonchev–Trinajstić information content (AvgIpc) is 3.37. The fourth-order valence-electron chi connectivity index (χ4n) is 2.25. The molecule has 0 aliphatic rings. The van der Waals surface area contributed by atoms with Gasteiger partial charge < -0.3 is 9.09 Å². The van der Waals surface area contributed by atoms with Crippen molar-refractivity contribution in [2.75, 3.05) is 0 Å². The highest BCUT2D eigenvalue weighted by atomic mass is 32.2. The maximum absolute atomic E-state index is 4.92. The minimum absolute atomic E-state index is 0.0862. The molecule has 0 saturated carbocycles. The molecule has 4 heterocycles. The molecule has 24 heavy (non-hydrogen) atoms. The van der Waals surface area contributed by atoms with Gasteiger partial charge in [0, 0.05) is 29.9 Å². The summed E-state index contributed by atoms with van der Waals surface area (Å²) in [7, 11) is 1.94. The molecule has 0 aliphatic heterocycles. The number of nitrogens with zero attached hydrogens (tertiary/aromatic N) is 6. The highest BCUT2D eigenvalue weighted by Crippen LogP contribution is 2.40. The van der Waals surface area contributed by atoms with Gasteiger partial charge in [-0.3, -0.25) is 4.98 Å². The second-order valence-corrected chi connectivity index (χ2v) is 6.96. The minimum Gasteiger partial charge on any atom is -0.343 e. The highest BCUT2D eigenvalue weighted by molar-refractivity contribution is 7.99. The Bertz CT molecular complexity index is 871. The van der Waals surface area contributed by atoms with E-state index in [9.17, 15) is 0 Å². The molecule has 4 aromatic heterocycles. The van der Waals surface area contributed by atoms with E-state index in [1.54, 1.807) is 35.5 Å². The monoisotopic (exact) mass is 356 g/mol. The first-order valence-electron chi connectivity index (χ1n) is 7.09. The number of hydrogen-bond acceptors (Lipinski definition) is 8. The Labute approximate surface area is 145 Å². The molecule has 1 unspecified atom stereocenters. The molecule has 0 N–H and O–H groups in total. The number of thioether (sulfide) groups is 1. The van der Waals surface area contributed by atoms with E-state index in [0.717, 1.165) is 21.4 Å². The average molecular weight is 356 g/mol. The topological polar surface area (TPSA) is 82.5 Å². The van der Waals surface area contributed by atoms with Crippen molar-refractivity contribution < 1.29 is 4.52 Å². The summed E-state index contributed by atoms with van der Waals surface area (Å²) in [6.45, 7) is 0. The van der Waals surface area contributed by atoms with Crippen LogP contribution in [0.4, 0.5) is 0 Å². The third-order valence-electron chi connectivity index (χ3n) is 3.41. The Morgan fingerprint density at radius 1 is 1.21 bits per heavy atom. The van der Waals surface area contributed by atoms with Gasteiger partial charge in [-0.2, -0.15) is 4.98 Å². The Hall–Kier alpha value is -2.52. The van der Waals surface area contributed by atoms with Crippen molar-refractivity contribution in [1.82, 2.24) is 29.9 Å². The van der Waals surface area contributed by atoms with Crippen LogP contribution in [0.25, 0.3) is 11.4 Å². The number of aromatic nitrogens is 6. The van der Waals surface area contributed by atoms with Crippen molar-refractivity contribution >= 4 is 23.1 Å². The molecule has 1 atom stereocenters. The van der Waals surface area contributed by atoms with Crippen LogP contribution in [0.3, 0.4) is 0 Å². The van der Waals surface area contributed by atoms with Crippen LogP contribution in [0.15, 0.2) is 58.1 Å². The van der Waals surface area contributed by atoms with Gasteiger partial charge in [-0.05, 0) is 23.6 Å². The van der Waals surface area contributed by atoms with Gasteiger partial charge in [0.2, 0.25) is 6.39 Å². The maximum Gasteiger partial charge on any atom is 0.213 e. The Balaban J connectivity index is 1.68. The van der Waals surface area contributed by atoms with Gasteiger partial charge in [0.1, 0.15) is 5.25 Å². The van der Waals surface area contributed by atoms with Crippen LogP contribution in [0.2, 0.25) is 0 Å². The van der Waals surface area contributed by atoms with Crippen LogP contribution in [-0.2, 0) is 7.05 Å². The van der Waals surface area contributed by atoms with Gasteiger partial charge in [-0.25, -0.2) is 0 Å². The summed E-state index contributed by atoms with van der Waals surface area (Å²) in [6, 6.07) is 7.88. The summed E-state index contributed by atoms with van der Waals surface area (Å²) in [5.74, 6) is 1.41. The molecule has 0 aliphatic carbocycles. The SMILES string of the molecule is Cn1c(SC(c2ncon2)c2cccs2)nnc1-c1ccncc1. The fraction of sp³-hybridized carbons (Fsp3) is 0.133. The van der Waals surface area contributed by atoms with Crippen LogP contribution < -0.4 is 0 Å². The number of pyridine rings is 1. The molecule has 7 nitrogen and oxygen atoms in total. The van der Waals surface area contributed by atoms with Crippen LogP contribution in [0.5, 0.6) is 0 Å². The summed E-state index contributed by atoms with van der Waals surface area (Å²) in [5.41, 5.74) is 0.971. The Morgan fingerprint density at radius 3 is 2.79 bits per heavy atom. The summed E-state index contributed by atoms with van der Waals surface area (Å²) >= 11 is 3.19. The van der Waals surface area contributed by atoms with Crippen molar-refractivity contribution in [2.24, 2.45) is 7.05 Å². The molecule has 0 aromatic carbocycles. The van der Waals surface area contributed by atoms with E-state index < -0.39 is 0 Å². The third-order valence-corrected chi connectivity index (χ3v) is 5.76. The molecular weight excluding hydrogens is 344 g/mol. The number of hydrogen-bond donors (Lipinski definition) is 0. The zero-order chi connectivity index (χ0) is 16.4. The number of thiophene rings is 1. The standard InChI is InChI=1S/C15H12N6OS2/c1-21-14(10-4-6-16-7-5-10)18-19-15(21)24-12(11-3-2-8-23-11)13-17-9-22-20-13/h2-9,12H,1H3. The minimum atomic E-state index is -0.0862. The fourth-order valence-corrected chi connectivity index (χ4v) is 4.21. The summed E-state index contributed by atoms with van der Waals surface area (Å²) < 4.78 is 6.88. The van der Waals surface area contributed by atoms with Gasteiger partial charge in [0.25, 0.3) is 0 Å². The van der Waals surface area contributed by atoms with Crippen molar-refractivity contribution in [1.29, 1.82) is 0 Å². The van der Waals surface area contributed by atoms with Gasteiger partial charge in [-0.1, -0.05) is 23.0 Å². The van der Waals surface area contributed by atoms with E-state index in [-0.39, 0.29) is 5.25 Å². The highest BCUT2D eigenvalue weighted by Gasteiger charge is 2.24. The lowest BCUT2D eigenvalue weighted by Crippen LogP contribution is -2.01. The smallest absolute Gasteiger partial charge is 0.213 e. The van der Waals surface area contributed by atoms with Crippen molar-refractivity contribution in [3.05, 3.63) is 59.1 Å². The molecule has 0 radical (unpaired) electrons. The van der Waals surface area contributed by atoms with Crippen LogP contribution in [0.1, 0.15) is 16.0 Å². The summed E-state index contributed by atoms with van der Waals surface area (Å²) in [6.07, 6.45) is 4.82. The largest absolute Gasteiger partial charge is 0.343 e. The molecule has 4 rings (SSSR count). The van der Waals surface area contributed by atoms with E-state index in [0.29, 0.717) is 5.82 Å². The van der Waals surface area contributed by atoms with E-state index >= 15 is 0 Å². The quantitative estimate of drug-likeness (QED) is 0.508. The van der Waals surface area contributed by atoms with Gasteiger partial charge in [0.05, 0.1) is 0 Å². The second kappa shape index (κ2) is 6.54. The van der Waals surface area contributed by atoms with Crippen molar-refractivity contribution in [3.63, 3.8) is 0 Å². The van der Waals surface area contributed by atoms with Crippen molar-refractivity contribution in [3.8, 4) is 11.4 Å². The molecular formula is C15H12N6OS2. The molecule has 0 amide bonds. The Morgan fingerprint density at radius 2 is 2.08 bits per heavy atom. The second-order valence-electron chi connectivity index (χ2n) is 4.90. The first-order chi connectivity index (χ1) is 11.8.